The fraction of sp³-hybridized carbons (Fsp3) is 0.438. The molecule has 4 heteroatoms. The molecule has 0 unspecified atom stereocenters. The third-order valence-electron chi connectivity index (χ3n) is 3.24. The van der Waals surface area contributed by atoms with E-state index in [2.05, 4.69) is 42.7 Å². The maximum absolute atomic E-state index is 8.71. The molecule has 1 aromatic carbocycles. The molecule has 1 aromatic heterocycles. The van der Waals surface area contributed by atoms with E-state index in [1.165, 1.54) is 16.7 Å². The molecule has 3 nitrogen and oxygen atoms in total. The number of hydrogen-bond acceptors (Lipinski definition) is 4. The molecular formula is C16H22N2OS. The zero-order valence-corrected chi connectivity index (χ0v) is 13.0. The summed E-state index contributed by atoms with van der Waals surface area (Å²) in [7, 11) is 0. The van der Waals surface area contributed by atoms with Crippen molar-refractivity contribution in [1.82, 2.24) is 10.3 Å². The van der Waals surface area contributed by atoms with Crippen LogP contribution in [0, 0.1) is 13.8 Å². The summed E-state index contributed by atoms with van der Waals surface area (Å²) in [6, 6.07) is 6.49. The minimum Gasteiger partial charge on any atom is -0.396 e. The fourth-order valence-electron chi connectivity index (χ4n) is 2.17. The molecule has 0 fully saturated rings. The molecular weight excluding hydrogens is 268 g/mol. The van der Waals surface area contributed by atoms with Crippen LogP contribution >= 0.6 is 11.3 Å². The molecule has 0 saturated carbocycles. The van der Waals surface area contributed by atoms with Gasteiger partial charge in [-0.05, 0) is 32.4 Å². The lowest BCUT2D eigenvalue weighted by Crippen LogP contribution is -2.19. The van der Waals surface area contributed by atoms with Crippen LogP contribution in [0.25, 0.3) is 11.3 Å². The minimum atomic E-state index is 0.251. The summed E-state index contributed by atoms with van der Waals surface area (Å²) >= 11 is 1.72. The first-order valence-corrected chi connectivity index (χ1v) is 7.92. The molecule has 0 radical (unpaired) electrons. The molecule has 20 heavy (non-hydrogen) atoms. The number of rotatable bonds is 7. The standard InChI is InChI=1S/C16H22N2OS/c1-12-4-5-14(13(2)10-12)15-11-20-16(18-15)6-8-17-7-3-9-19/h4-5,10-11,17,19H,3,6-9H2,1-2H3. The second kappa shape index (κ2) is 7.53. The molecule has 2 aromatic rings. The molecule has 0 saturated heterocycles. The molecule has 0 atom stereocenters. The Labute approximate surface area is 124 Å². The highest BCUT2D eigenvalue weighted by Gasteiger charge is 2.07. The Bertz CT molecular complexity index is 551. The van der Waals surface area contributed by atoms with Gasteiger partial charge in [-0.25, -0.2) is 4.98 Å². The molecule has 0 aliphatic heterocycles. The summed E-state index contributed by atoms with van der Waals surface area (Å²) in [5.41, 5.74) is 4.88. The molecule has 108 valence electrons. The van der Waals surface area contributed by atoms with Crippen LogP contribution in [0.3, 0.4) is 0 Å². The number of aliphatic hydroxyl groups is 1. The van der Waals surface area contributed by atoms with Gasteiger partial charge >= 0.3 is 0 Å². The number of benzene rings is 1. The number of aryl methyl sites for hydroxylation is 2. The van der Waals surface area contributed by atoms with Crippen molar-refractivity contribution < 1.29 is 5.11 Å². The van der Waals surface area contributed by atoms with E-state index in [4.69, 9.17) is 10.1 Å². The van der Waals surface area contributed by atoms with E-state index in [0.717, 1.165) is 36.6 Å². The largest absolute Gasteiger partial charge is 0.396 e. The van der Waals surface area contributed by atoms with Crippen molar-refractivity contribution in [1.29, 1.82) is 0 Å². The normalized spacial score (nSPS) is 10.9. The average molecular weight is 290 g/mol. The average Bonchev–Trinajstić information content (AvgIpc) is 2.87. The zero-order valence-electron chi connectivity index (χ0n) is 12.1. The van der Waals surface area contributed by atoms with Crippen molar-refractivity contribution in [2.75, 3.05) is 19.7 Å². The van der Waals surface area contributed by atoms with Crippen molar-refractivity contribution in [3.8, 4) is 11.3 Å². The number of nitrogens with zero attached hydrogens (tertiary/aromatic N) is 1. The minimum absolute atomic E-state index is 0.251. The van der Waals surface area contributed by atoms with E-state index in [9.17, 15) is 0 Å². The van der Waals surface area contributed by atoms with Crippen molar-refractivity contribution in [3.63, 3.8) is 0 Å². The van der Waals surface area contributed by atoms with Crippen LogP contribution in [-0.2, 0) is 6.42 Å². The highest BCUT2D eigenvalue weighted by Crippen LogP contribution is 2.25. The number of hydrogen-bond donors (Lipinski definition) is 2. The molecule has 0 bridgehead atoms. The van der Waals surface area contributed by atoms with E-state index >= 15 is 0 Å². The topological polar surface area (TPSA) is 45.1 Å². The predicted octanol–water partition coefficient (Wildman–Crippen LogP) is 2.94. The van der Waals surface area contributed by atoms with Gasteiger partial charge in [0.25, 0.3) is 0 Å². The quantitative estimate of drug-likeness (QED) is 0.771. The van der Waals surface area contributed by atoms with Crippen LogP contribution in [0.2, 0.25) is 0 Å². The van der Waals surface area contributed by atoms with Gasteiger partial charge in [0, 0.05) is 30.5 Å². The van der Waals surface area contributed by atoms with Crippen molar-refractivity contribution >= 4 is 11.3 Å². The lowest BCUT2D eigenvalue weighted by Gasteiger charge is -2.04. The first kappa shape index (κ1) is 15.2. The van der Waals surface area contributed by atoms with E-state index < -0.39 is 0 Å². The first-order chi connectivity index (χ1) is 9.70. The third-order valence-corrected chi connectivity index (χ3v) is 4.15. The summed E-state index contributed by atoms with van der Waals surface area (Å²) in [6.07, 6.45) is 1.76. The summed E-state index contributed by atoms with van der Waals surface area (Å²) in [4.78, 5) is 4.72. The van der Waals surface area contributed by atoms with Crippen molar-refractivity contribution in [2.24, 2.45) is 0 Å². The van der Waals surface area contributed by atoms with Crippen LogP contribution in [0.15, 0.2) is 23.6 Å². The van der Waals surface area contributed by atoms with E-state index in [-0.39, 0.29) is 6.61 Å². The van der Waals surface area contributed by atoms with E-state index in [1.54, 1.807) is 11.3 Å². The van der Waals surface area contributed by atoms with Gasteiger partial charge < -0.3 is 10.4 Å². The SMILES string of the molecule is Cc1ccc(-c2csc(CCNCCCO)n2)c(C)c1. The number of thiazole rings is 1. The van der Waals surface area contributed by atoms with Crippen LogP contribution < -0.4 is 5.32 Å². The van der Waals surface area contributed by atoms with Crippen LogP contribution in [0.4, 0.5) is 0 Å². The monoisotopic (exact) mass is 290 g/mol. The third kappa shape index (κ3) is 4.13. The molecule has 0 spiro atoms. The molecule has 2 N–H and O–H groups in total. The van der Waals surface area contributed by atoms with E-state index in [1.807, 2.05) is 0 Å². The van der Waals surface area contributed by atoms with Gasteiger partial charge in [-0.3, -0.25) is 0 Å². The summed E-state index contributed by atoms with van der Waals surface area (Å²) in [5, 5.41) is 15.3. The lowest BCUT2D eigenvalue weighted by molar-refractivity contribution is 0.286. The Morgan fingerprint density at radius 1 is 1.25 bits per heavy atom. The summed E-state index contributed by atoms with van der Waals surface area (Å²) < 4.78 is 0. The van der Waals surface area contributed by atoms with Crippen LogP contribution in [0.1, 0.15) is 22.6 Å². The van der Waals surface area contributed by atoms with Crippen LogP contribution in [-0.4, -0.2) is 29.8 Å². The smallest absolute Gasteiger partial charge is 0.0945 e. The van der Waals surface area contributed by atoms with Gasteiger partial charge in [-0.2, -0.15) is 0 Å². The number of aliphatic hydroxyl groups excluding tert-OH is 1. The maximum atomic E-state index is 8.71. The van der Waals surface area contributed by atoms with Gasteiger partial charge in [0.15, 0.2) is 0 Å². The Morgan fingerprint density at radius 3 is 2.85 bits per heavy atom. The highest BCUT2D eigenvalue weighted by atomic mass is 32.1. The number of aromatic nitrogens is 1. The summed E-state index contributed by atoms with van der Waals surface area (Å²) in [5.74, 6) is 0. The zero-order chi connectivity index (χ0) is 14.4. The Hall–Kier alpha value is -1.23. The molecule has 0 aliphatic rings. The predicted molar refractivity (Wildman–Crippen MR) is 85.3 cm³/mol. The molecule has 0 amide bonds. The van der Waals surface area contributed by atoms with Gasteiger partial charge in [0.2, 0.25) is 0 Å². The van der Waals surface area contributed by atoms with Crippen molar-refractivity contribution in [2.45, 2.75) is 26.7 Å². The van der Waals surface area contributed by atoms with Gasteiger partial charge in [0.05, 0.1) is 10.7 Å². The Morgan fingerprint density at radius 2 is 2.10 bits per heavy atom. The van der Waals surface area contributed by atoms with Gasteiger partial charge in [-0.1, -0.05) is 23.8 Å². The summed E-state index contributed by atoms with van der Waals surface area (Å²) in [6.45, 7) is 6.28. The molecule has 1 heterocycles. The molecule has 2 rings (SSSR count). The second-order valence-corrected chi connectivity index (χ2v) is 5.96. The lowest BCUT2D eigenvalue weighted by atomic mass is 10.0. The maximum Gasteiger partial charge on any atom is 0.0945 e. The first-order valence-electron chi connectivity index (χ1n) is 7.04. The molecule has 0 aliphatic carbocycles. The number of nitrogens with one attached hydrogen (secondary N) is 1. The van der Waals surface area contributed by atoms with E-state index in [0.29, 0.717) is 0 Å². The van der Waals surface area contributed by atoms with Crippen molar-refractivity contribution in [3.05, 3.63) is 39.7 Å². The highest BCUT2D eigenvalue weighted by molar-refractivity contribution is 7.09. The Balaban J connectivity index is 1.95. The van der Waals surface area contributed by atoms with Crippen LogP contribution in [0.5, 0.6) is 0 Å². The van der Waals surface area contributed by atoms with Gasteiger partial charge in [-0.15, -0.1) is 11.3 Å². The Kier molecular flexibility index (Phi) is 5.71. The van der Waals surface area contributed by atoms with Gasteiger partial charge in [0.1, 0.15) is 0 Å². The second-order valence-electron chi connectivity index (χ2n) is 5.02. The fourth-order valence-corrected chi connectivity index (χ4v) is 2.97.